The summed E-state index contributed by atoms with van der Waals surface area (Å²) in [5, 5.41) is 7.97. The SMILES string of the molecule is Cc1nn(C)c(C)c1CNc1ccccc1-n1ccnc1. The average Bonchev–Trinajstić information content (AvgIpc) is 3.08. The van der Waals surface area contributed by atoms with E-state index in [4.69, 9.17) is 0 Å². The summed E-state index contributed by atoms with van der Waals surface area (Å²) in [6.45, 7) is 4.90. The summed E-state index contributed by atoms with van der Waals surface area (Å²) in [6.07, 6.45) is 5.54. The van der Waals surface area contributed by atoms with E-state index < -0.39 is 0 Å². The van der Waals surface area contributed by atoms with Gasteiger partial charge in [0.1, 0.15) is 0 Å². The minimum absolute atomic E-state index is 0.761. The largest absolute Gasteiger partial charge is 0.379 e. The first-order valence-corrected chi connectivity index (χ1v) is 6.97. The molecule has 0 amide bonds. The van der Waals surface area contributed by atoms with E-state index in [2.05, 4.69) is 34.5 Å². The second-order valence-corrected chi connectivity index (χ2v) is 5.11. The number of aromatic nitrogens is 4. The van der Waals surface area contributed by atoms with Crippen molar-refractivity contribution in [3.63, 3.8) is 0 Å². The summed E-state index contributed by atoms with van der Waals surface area (Å²) in [5.74, 6) is 0. The third-order valence-corrected chi connectivity index (χ3v) is 3.80. The first-order valence-electron chi connectivity index (χ1n) is 6.97. The smallest absolute Gasteiger partial charge is 0.0992 e. The molecule has 0 saturated heterocycles. The molecule has 0 fully saturated rings. The van der Waals surface area contributed by atoms with Crippen molar-refractivity contribution >= 4 is 5.69 Å². The molecule has 2 heterocycles. The molecule has 21 heavy (non-hydrogen) atoms. The molecule has 1 aromatic carbocycles. The number of imidazole rings is 1. The summed E-state index contributed by atoms with van der Waals surface area (Å²) >= 11 is 0. The predicted octanol–water partition coefficient (Wildman–Crippen LogP) is 2.83. The van der Waals surface area contributed by atoms with Crippen LogP contribution in [0, 0.1) is 13.8 Å². The molecule has 3 aromatic rings. The van der Waals surface area contributed by atoms with Crippen molar-refractivity contribution in [3.05, 3.63) is 59.9 Å². The first-order chi connectivity index (χ1) is 10.2. The van der Waals surface area contributed by atoms with Crippen LogP contribution in [0.5, 0.6) is 0 Å². The van der Waals surface area contributed by atoms with E-state index >= 15 is 0 Å². The van der Waals surface area contributed by atoms with Gasteiger partial charge >= 0.3 is 0 Å². The monoisotopic (exact) mass is 281 g/mol. The van der Waals surface area contributed by atoms with E-state index in [0.29, 0.717) is 0 Å². The third-order valence-electron chi connectivity index (χ3n) is 3.80. The van der Waals surface area contributed by atoms with Crippen molar-refractivity contribution in [2.75, 3.05) is 5.32 Å². The van der Waals surface area contributed by atoms with Crippen LogP contribution >= 0.6 is 0 Å². The lowest BCUT2D eigenvalue weighted by Crippen LogP contribution is -2.05. The number of para-hydroxylation sites is 2. The minimum Gasteiger partial charge on any atom is -0.379 e. The molecule has 108 valence electrons. The van der Waals surface area contributed by atoms with Crippen LogP contribution in [0.25, 0.3) is 5.69 Å². The second-order valence-electron chi connectivity index (χ2n) is 5.11. The van der Waals surface area contributed by atoms with Gasteiger partial charge in [0.15, 0.2) is 0 Å². The van der Waals surface area contributed by atoms with Crippen molar-refractivity contribution in [3.8, 4) is 5.69 Å². The Hall–Kier alpha value is -2.56. The van der Waals surface area contributed by atoms with Gasteiger partial charge in [-0.2, -0.15) is 5.10 Å². The highest BCUT2D eigenvalue weighted by atomic mass is 15.3. The van der Waals surface area contributed by atoms with Gasteiger partial charge in [-0.25, -0.2) is 4.98 Å². The van der Waals surface area contributed by atoms with E-state index in [1.807, 2.05) is 41.5 Å². The molecule has 2 aromatic heterocycles. The molecule has 1 N–H and O–H groups in total. The van der Waals surface area contributed by atoms with Crippen molar-refractivity contribution < 1.29 is 0 Å². The van der Waals surface area contributed by atoms with Crippen molar-refractivity contribution in [1.29, 1.82) is 0 Å². The van der Waals surface area contributed by atoms with Crippen LogP contribution < -0.4 is 5.32 Å². The Kier molecular flexibility index (Phi) is 3.48. The van der Waals surface area contributed by atoms with Gasteiger partial charge in [-0.15, -0.1) is 0 Å². The maximum atomic E-state index is 4.46. The summed E-state index contributed by atoms with van der Waals surface area (Å²) in [5.41, 5.74) is 5.69. The molecule has 0 aliphatic heterocycles. The van der Waals surface area contributed by atoms with E-state index in [0.717, 1.165) is 23.6 Å². The first kappa shape index (κ1) is 13.4. The number of anilines is 1. The zero-order chi connectivity index (χ0) is 14.8. The Morgan fingerprint density at radius 1 is 1.19 bits per heavy atom. The molecule has 3 rings (SSSR count). The number of hydrogen-bond acceptors (Lipinski definition) is 3. The summed E-state index contributed by atoms with van der Waals surface area (Å²) in [7, 11) is 1.98. The van der Waals surface area contributed by atoms with Crippen molar-refractivity contribution in [2.24, 2.45) is 7.05 Å². The summed E-state index contributed by atoms with van der Waals surface area (Å²) in [4.78, 5) is 4.11. The van der Waals surface area contributed by atoms with Crippen molar-refractivity contribution in [1.82, 2.24) is 19.3 Å². The minimum atomic E-state index is 0.761. The molecule has 0 radical (unpaired) electrons. The molecule has 0 saturated carbocycles. The van der Waals surface area contributed by atoms with Gasteiger partial charge in [-0.1, -0.05) is 12.1 Å². The van der Waals surface area contributed by atoms with E-state index in [-0.39, 0.29) is 0 Å². The lowest BCUT2D eigenvalue weighted by molar-refractivity contribution is 0.730. The average molecular weight is 281 g/mol. The number of rotatable bonds is 4. The number of benzene rings is 1. The maximum absolute atomic E-state index is 4.46. The lowest BCUT2D eigenvalue weighted by atomic mass is 10.2. The van der Waals surface area contributed by atoms with Crippen LogP contribution in [0.4, 0.5) is 5.69 Å². The zero-order valence-electron chi connectivity index (χ0n) is 12.5. The Morgan fingerprint density at radius 2 is 2.00 bits per heavy atom. The van der Waals surface area contributed by atoms with E-state index in [1.54, 1.807) is 12.5 Å². The van der Waals surface area contributed by atoms with Gasteiger partial charge < -0.3 is 9.88 Å². The van der Waals surface area contributed by atoms with Gasteiger partial charge in [0.2, 0.25) is 0 Å². The Morgan fingerprint density at radius 3 is 2.67 bits per heavy atom. The Labute approximate surface area is 124 Å². The second kappa shape index (κ2) is 5.44. The number of nitrogens with zero attached hydrogens (tertiary/aromatic N) is 4. The molecule has 0 bridgehead atoms. The molecule has 0 unspecified atom stereocenters. The van der Waals surface area contributed by atoms with Crippen LogP contribution in [0.3, 0.4) is 0 Å². The Balaban J connectivity index is 1.86. The number of nitrogens with one attached hydrogen (secondary N) is 1. The topological polar surface area (TPSA) is 47.7 Å². The van der Waals surface area contributed by atoms with Crippen LogP contribution in [-0.4, -0.2) is 19.3 Å². The van der Waals surface area contributed by atoms with Crippen LogP contribution in [-0.2, 0) is 13.6 Å². The number of aryl methyl sites for hydroxylation is 2. The fourth-order valence-electron chi connectivity index (χ4n) is 2.51. The van der Waals surface area contributed by atoms with Gasteiger partial charge in [-0.05, 0) is 26.0 Å². The molecule has 0 atom stereocenters. The summed E-state index contributed by atoms with van der Waals surface area (Å²) < 4.78 is 3.93. The van der Waals surface area contributed by atoms with E-state index in [1.165, 1.54) is 11.3 Å². The van der Waals surface area contributed by atoms with Gasteiger partial charge in [0, 0.05) is 37.2 Å². The van der Waals surface area contributed by atoms with Gasteiger partial charge in [0.25, 0.3) is 0 Å². The highest BCUT2D eigenvalue weighted by molar-refractivity contribution is 5.61. The fourth-order valence-corrected chi connectivity index (χ4v) is 2.51. The molecule has 0 spiro atoms. The molecule has 5 nitrogen and oxygen atoms in total. The fraction of sp³-hybridized carbons (Fsp3) is 0.250. The van der Waals surface area contributed by atoms with E-state index in [9.17, 15) is 0 Å². The van der Waals surface area contributed by atoms with Crippen LogP contribution in [0.2, 0.25) is 0 Å². The quantitative estimate of drug-likeness (QED) is 0.800. The molecule has 0 aliphatic carbocycles. The van der Waals surface area contributed by atoms with Gasteiger partial charge in [0.05, 0.1) is 23.4 Å². The molecular formula is C16H19N5. The standard InChI is InChI=1S/C16H19N5/c1-12-14(13(2)20(3)19-12)10-18-15-6-4-5-7-16(15)21-9-8-17-11-21/h4-9,11,18H,10H2,1-3H3. The Bertz CT molecular complexity index is 740. The van der Waals surface area contributed by atoms with Crippen molar-refractivity contribution in [2.45, 2.75) is 20.4 Å². The maximum Gasteiger partial charge on any atom is 0.0992 e. The highest BCUT2D eigenvalue weighted by Gasteiger charge is 2.10. The predicted molar refractivity (Wildman–Crippen MR) is 83.6 cm³/mol. The molecular weight excluding hydrogens is 262 g/mol. The number of hydrogen-bond donors (Lipinski definition) is 1. The highest BCUT2D eigenvalue weighted by Crippen LogP contribution is 2.21. The summed E-state index contributed by atoms with van der Waals surface area (Å²) in [6, 6.07) is 8.22. The van der Waals surface area contributed by atoms with Crippen LogP contribution in [0.15, 0.2) is 43.0 Å². The van der Waals surface area contributed by atoms with Crippen LogP contribution in [0.1, 0.15) is 17.0 Å². The zero-order valence-corrected chi connectivity index (χ0v) is 12.5. The van der Waals surface area contributed by atoms with Gasteiger partial charge in [-0.3, -0.25) is 4.68 Å². The normalized spacial score (nSPS) is 10.8. The molecule has 0 aliphatic rings. The molecule has 5 heteroatoms. The lowest BCUT2D eigenvalue weighted by Gasteiger charge is -2.12. The third kappa shape index (κ3) is 2.54.